The fourth-order valence-corrected chi connectivity index (χ4v) is 2.62. The number of halogens is 3. The summed E-state index contributed by atoms with van der Waals surface area (Å²) >= 11 is 0. The Labute approximate surface area is 146 Å². The first-order valence-corrected chi connectivity index (χ1v) is 8.17. The van der Waals surface area contributed by atoms with E-state index in [-0.39, 0.29) is 12.4 Å². The van der Waals surface area contributed by atoms with Crippen molar-refractivity contribution in [3.05, 3.63) is 83.7 Å². The Morgan fingerprint density at radius 3 is 2.32 bits per heavy atom. The Hall–Kier alpha value is -2.11. The third-order valence-corrected chi connectivity index (χ3v) is 3.90. The van der Waals surface area contributed by atoms with E-state index in [0.717, 1.165) is 11.6 Å². The molecule has 2 nitrogen and oxygen atoms in total. The van der Waals surface area contributed by atoms with Gasteiger partial charge in [0.05, 0.1) is 6.10 Å². The van der Waals surface area contributed by atoms with Crippen LogP contribution in [0.5, 0.6) is 0 Å². The molecule has 2 aromatic rings. The molecule has 0 bridgehead atoms. The summed E-state index contributed by atoms with van der Waals surface area (Å²) in [4.78, 5) is 1.86. The predicted octanol–water partition coefficient (Wildman–Crippen LogP) is 4.43. The van der Waals surface area contributed by atoms with Gasteiger partial charge in [0.1, 0.15) is 17.5 Å². The van der Waals surface area contributed by atoms with Gasteiger partial charge in [0.15, 0.2) is 0 Å². The molecule has 0 heterocycles. The zero-order valence-corrected chi connectivity index (χ0v) is 14.0. The molecule has 0 amide bonds. The Kier molecular flexibility index (Phi) is 7.22. The molecule has 0 aliphatic rings. The molecular weight excluding hydrogens is 327 g/mol. The minimum atomic E-state index is -0.627. The van der Waals surface area contributed by atoms with Crippen molar-refractivity contribution in [1.82, 2.24) is 4.90 Å². The molecule has 25 heavy (non-hydrogen) atoms. The summed E-state index contributed by atoms with van der Waals surface area (Å²) in [5, 5.41) is 10.2. The van der Waals surface area contributed by atoms with Crippen molar-refractivity contribution >= 4 is 0 Å². The number of aliphatic hydroxyl groups excluding tert-OH is 1. The molecule has 134 valence electrons. The maximum atomic E-state index is 14.0. The van der Waals surface area contributed by atoms with Crippen molar-refractivity contribution in [3.8, 4) is 0 Å². The van der Waals surface area contributed by atoms with E-state index < -0.39 is 17.7 Å². The average Bonchev–Trinajstić information content (AvgIpc) is 2.57. The van der Waals surface area contributed by atoms with Crippen molar-refractivity contribution < 1.29 is 18.3 Å². The molecule has 2 aromatic carbocycles. The Morgan fingerprint density at radius 2 is 1.68 bits per heavy atom. The second-order valence-corrected chi connectivity index (χ2v) is 6.05. The zero-order valence-electron chi connectivity index (χ0n) is 14.0. The number of hydrogen-bond acceptors (Lipinski definition) is 2. The third kappa shape index (κ3) is 6.36. The number of benzene rings is 2. The maximum absolute atomic E-state index is 14.0. The van der Waals surface area contributed by atoms with E-state index in [0.29, 0.717) is 31.5 Å². The summed E-state index contributed by atoms with van der Waals surface area (Å²) in [6, 6.07) is 9.49. The topological polar surface area (TPSA) is 23.5 Å². The average molecular weight is 349 g/mol. The number of rotatable bonds is 9. The van der Waals surface area contributed by atoms with Crippen molar-refractivity contribution in [1.29, 1.82) is 0 Å². The van der Waals surface area contributed by atoms with Crippen LogP contribution in [0.2, 0.25) is 0 Å². The number of allylic oxidation sites excluding steroid dienone is 1. The largest absolute Gasteiger partial charge is 0.392 e. The second kappa shape index (κ2) is 9.39. The van der Waals surface area contributed by atoms with E-state index in [1.54, 1.807) is 18.2 Å². The highest BCUT2D eigenvalue weighted by atomic mass is 19.1. The number of nitrogens with zero attached hydrogens (tertiary/aromatic N) is 1. The quantitative estimate of drug-likeness (QED) is 0.677. The van der Waals surface area contributed by atoms with Gasteiger partial charge in [0, 0.05) is 31.3 Å². The summed E-state index contributed by atoms with van der Waals surface area (Å²) in [5.74, 6) is -1.58. The predicted molar refractivity (Wildman–Crippen MR) is 92.3 cm³/mol. The highest BCUT2D eigenvalue weighted by Crippen LogP contribution is 2.16. The van der Waals surface area contributed by atoms with Crippen LogP contribution >= 0.6 is 0 Å². The summed E-state index contributed by atoms with van der Waals surface area (Å²) in [6.45, 7) is 4.59. The van der Waals surface area contributed by atoms with Gasteiger partial charge in [-0.1, -0.05) is 24.3 Å². The third-order valence-electron chi connectivity index (χ3n) is 3.90. The van der Waals surface area contributed by atoms with E-state index in [1.165, 1.54) is 24.3 Å². The molecule has 1 N–H and O–H groups in total. The molecule has 0 saturated heterocycles. The molecule has 0 saturated carbocycles. The van der Waals surface area contributed by atoms with Crippen LogP contribution in [0, 0.1) is 17.5 Å². The van der Waals surface area contributed by atoms with Crippen LogP contribution in [0.25, 0.3) is 0 Å². The lowest BCUT2D eigenvalue weighted by atomic mass is 10.1. The molecule has 0 aliphatic carbocycles. The molecule has 0 fully saturated rings. The van der Waals surface area contributed by atoms with Crippen molar-refractivity contribution in [2.45, 2.75) is 32.0 Å². The first kappa shape index (κ1) is 19.2. The first-order valence-electron chi connectivity index (χ1n) is 8.17. The van der Waals surface area contributed by atoms with E-state index in [2.05, 4.69) is 6.58 Å². The van der Waals surface area contributed by atoms with Gasteiger partial charge < -0.3 is 5.11 Å². The molecule has 5 heteroatoms. The van der Waals surface area contributed by atoms with E-state index in [9.17, 15) is 18.3 Å². The molecule has 2 rings (SSSR count). The van der Waals surface area contributed by atoms with Crippen LogP contribution in [-0.4, -0.2) is 22.7 Å². The zero-order chi connectivity index (χ0) is 18.2. The van der Waals surface area contributed by atoms with Gasteiger partial charge in [-0.15, -0.1) is 6.58 Å². The fraction of sp³-hybridized carbons (Fsp3) is 0.300. The Balaban J connectivity index is 2.12. The van der Waals surface area contributed by atoms with Gasteiger partial charge in [0.2, 0.25) is 0 Å². The minimum Gasteiger partial charge on any atom is -0.392 e. The van der Waals surface area contributed by atoms with Gasteiger partial charge in [0.25, 0.3) is 0 Å². The molecule has 0 spiro atoms. The van der Waals surface area contributed by atoms with Crippen LogP contribution in [0.15, 0.2) is 55.1 Å². The monoisotopic (exact) mass is 349 g/mol. The van der Waals surface area contributed by atoms with Gasteiger partial charge >= 0.3 is 0 Å². The maximum Gasteiger partial charge on any atom is 0.130 e. The van der Waals surface area contributed by atoms with E-state index >= 15 is 0 Å². The fourth-order valence-electron chi connectivity index (χ4n) is 2.62. The number of aliphatic hydroxyl groups is 1. The molecule has 1 atom stereocenters. The molecular formula is C20H22F3NO. The molecule has 0 aromatic heterocycles. The highest BCUT2D eigenvalue weighted by molar-refractivity contribution is 5.20. The van der Waals surface area contributed by atoms with Crippen LogP contribution in [0.1, 0.15) is 24.0 Å². The lowest BCUT2D eigenvalue weighted by Gasteiger charge is -2.25. The minimum absolute atomic E-state index is 0.217. The lowest BCUT2D eigenvalue weighted by molar-refractivity contribution is 0.0977. The Bertz CT molecular complexity index is 688. The van der Waals surface area contributed by atoms with Crippen LogP contribution in [0.3, 0.4) is 0 Å². The summed E-state index contributed by atoms with van der Waals surface area (Å²) in [6.07, 6.45) is 2.36. The van der Waals surface area contributed by atoms with Gasteiger partial charge in [-0.05, 0) is 36.6 Å². The normalized spacial score (nSPS) is 12.4. The van der Waals surface area contributed by atoms with Crippen molar-refractivity contribution in [2.75, 3.05) is 6.54 Å². The van der Waals surface area contributed by atoms with Crippen molar-refractivity contribution in [3.63, 3.8) is 0 Å². The summed E-state index contributed by atoms with van der Waals surface area (Å²) in [7, 11) is 0. The van der Waals surface area contributed by atoms with E-state index in [1.807, 2.05) is 4.90 Å². The lowest BCUT2D eigenvalue weighted by Crippen LogP contribution is -2.32. The molecule has 0 unspecified atom stereocenters. The van der Waals surface area contributed by atoms with Gasteiger partial charge in [-0.25, -0.2) is 13.2 Å². The van der Waals surface area contributed by atoms with E-state index in [4.69, 9.17) is 0 Å². The van der Waals surface area contributed by atoms with Crippen LogP contribution < -0.4 is 0 Å². The molecule has 0 aliphatic heterocycles. The smallest absolute Gasteiger partial charge is 0.130 e. The Morgan fingerprint density at radius 1 is 1.00 bits per heavy atom. The molecule has 0 radical (unpaired) electrons. The first-order chi connectivity index (χ1) is 12.0. The SMILES string of the molecule is C=CCC[C@@H](O)CN(Cc1ccc(F)cc1)Cc1ccc(F)cc1F. The van der Waals surface area contributed by atoms with Crippen LogP contribution in [-0.2, 0) is 13.1 Å². The number of hydrogen-bond donors (Lipinski definition) is 1. The van der Waals surface area contributed by atoms with Gasteiger partial charge in [-0.3, -0.25) is 4.90 Å². The highest BCUT2D eigenvalue weighted by Gasteiger charge is 2.15. The van der Waals surface area contributed by atoms with Crippen LogP contribution in [0.4, 0.5) is 13.2 Å². The summed E-state index contributed by atoms with van der Waals surface area (Å²) < 4.78 is 40.1. The van der Waals surface area contributed by atoms with Crippen molar-refractivity contribution in [2.24, 2.45) is 0 Å². The standard InChI is InChI=1S/C20H22F3NO/c1-2-3-4-19(25)14-24(12-15-5-8-17(21)9-6-15)13-16-7-10-18(22)11-20(16)23/h2,5-11,19,25H,1,3-4,12-14H2/t19-/m1/s1. The van der Waals surface area contributed by atoms with Gasteiger partial charge in [-0.2, -0.15) is 0 Å². The summed E-state index contributed by atoms with van der Waals surface area (Å²) in [5.41, 5.74) is 1.19. The second-order valence-electron chi connectivity index (χ2n) is 6.05.